The molecule has 9 heteroatoms. The summed E-state index contributed by atoms with van der Waals surface area (Å²) in [7, 11) is 5.21. The molecule has 0 radical (unpaired) electrons. The summed E-state index contributed by atoms with van der Waals surface area (Å²) in [5, 5.41) is 5.72. The number of carbonyl (C=O) groups is 2. The molecule has 0 saturated heterocycles. The number of pyridine rings is 1. The number of amides is 2. The van der Waals surface area contributed by atoms with Crippen molar-refractivity contribution in [3.63, 3.8) is 0 Å². The molecular formula is C25H30F2N4O3. The summed E-state index contributed by atoms with van der Waals surface area (Å²) in [6.45, 7) is 0.666. The SMILES string of the molecule is COc1cc(F)ccc1-c1cc(NC(=O)[C@H]2CCC[C@@H](NC(=O)/C=C/CN(C)C)C2)ncc1F. The minimum atomic E-state index is -0.620. The highest BCUT2D eigenvalue weighted by molar-refractivity contribution is 5.92. The van der Waals surface area contributed by atoms with E-state index in [0.717, 1.165) is 19.0 Å². The van der Waals surface area contributed by atoms with E-state index in [1.54, 1.807) is 6.08 Å². The molecule has 3 rings (SSSR count). The Labute approximate surface area is 198 Å². The largest absolute Gasteiger partial charge is 0.496 e. The van der Waals surface area contributed by atoms with Crippen LogP contribution in [-0.2, 0) is 9.59 Å². The summed E-state index contributed by atoms with van der Waals surface area (Å²) in [5.74, 6) is -1.48. The van der Waals surface area contributed by atoms with Gasteiger partial charge in [0, 0.05) is 41.8 Å². The Kier molecular flexibility index (Phi) is 8.70. The van der Waals surface area contributed by atoms with E-state index in [4.69, 9.17) is 4.74 Å². The molecule has 1 aliphatic carbocycles. The number of likely N-dealkylation sites (N-methyl/N-ethyl adjacent to an activating group) is 1. The van der Waals surface area contributed by atoms with Crippen LogP contribution in [0.1, 0.15) is 25.7 Å². The zero-order valence-electron chi connectivity index (χ0n) is 19.6. The molecule has 1 saturated carbocycles. The van der Waals surface area contributed by atoms with Gasteiger partial charge in [-0.2, -0.15) is 0 Å². The normalized spacial score (nSPS) is 18.2. The fourth-order valence-corrected chi connectivity index (χ4v) is 4.01. The third-order valence-corrected chi connectivity index (χ3v) is 5.69. The number of ether oxygens (including phenoxy) is 1. The Morgan fingerprint density at radius 1 is 1.21 bits per heavy atom. The molecule has 2 aromatic rings. The van der Waals surface area contributed by atoms with E-state index >= 15 is 0 Å². The Balaban J connectivity index is 1.66. The fraction of sp³-hybridized carbons (Fsp3) is 0.400. The van der Waals surface area contributed by atoms with E-state index in [0.29, 0.717) is 24.9 Å². The van der Waals surface area contributed by atoms with Crippen LogP contribution in [0.15, 0.2) is 42.6 Å². The maximum Gasteiger partial charge on any atom is 0.243 e. The van der Waals surface area contributed by atoms with Crippen LogP contribution in [0.5, 0.6) is 5.75 Å². The lowest BCUT2D eigenvalue weighted by molar-refractivity contribution is -0.122. The summed E-state index contributed by atoms with van der Waals surface area (Å²) in [5.41, 5.74) is 0.488. The molecule has 0 bridgehead atoms. The third-order valence-electron chi connectivity index (χ3n) is 5.69. The minimum absolute atomic E-state index is 0.0961. The zero-order valence-corrected chi connectivity index (χ0v) is 19.6. The summed E-state index contributed by atoms with van der Waals surface area (Å²) >= 11 is 0. The molecule has 34 heavy (non-hydrogen) atoms. The highest BCUT2D eigenvalue weighted by atomic mass is 19.1. The molecule has 182 valence electrons. The van der Waals surface area contributed by atoms with Crippen molar-refractivity contribution in [3.8, 4) is 16.9 Å². The predicted molar refractivity (Wildman–Crippen MR) is 126 cm³/mol. The first-order valence-electron chi connectivity index (χ1n) is 11.2. The molecular weight excluding hydrogens is 442 g/mol. The number of nitrogens with one attached hydrogen (secondary N) is 2. The van der Waals surface area contributed by atoms with Gasteiger partial charge in [0.05, 0.1) is 13.3 Å². The number of nitrogens with zero attached hydrogens (tertiary/aromatic N) is 2. The van der Waals surface area contributed by atoms with Crippen molar-refractivity contribution >= 4 is 17.6 Å². The molecule has 1 aromatic carbocycles. The second-order valence-electron chi connectivity index (χ2n) is 8.62. The lowest BCUT2D eigenvalue weighted by Gasteiger charge is -2.28. The first-order valence-corrected chi connectivity index (χ1v) is 11.2. The van der Waals surface area contributed by atoms with Crippen LogP contribution in [-0.4, -0.2) is 55.5 Å². The van der Waals surface area contributed by atoms with Gasteiger partial charge in [-0.25, -0.2) is 13.8 Å². The van der Waals surface area contributed by atoms with E-state index < -0.39 is 11.6 Å². The lowest BCUT2D eigenvalue weighted by atomic mass is 9.85. The van der Waals surface area contributed by atoms with Crippen molar-refractivity contribution < 1.29 is 23.1 Å². The standard InChI is InChI=1S/C25H30F2N4O3/c1-31(2)11-5-8-24(32)29-18-7-4-6-16(12-18)25(33)30-23-14-20(21(27)15-28-23)19-10-9-17(26)13-22(19)34-3/h5,8-10,13-16,18H,4,6-7,11-12H2,1-3H3,(H,29,32)(H,28,30,33)/b8-5+/t16-,18+/m0/s1. The topological polar surface area (TPSA) is 83.6 Å². The molecule has 2 atom stereocenters. The third kappa shape index (κ3) is 6.84. The van der Waals surface area contributed by atoms with Crippen molar-refractivity contribution in [2.24, 2.45) is 5.92 Å². The van der Waals surface area contributed by atoms with Gasteiger partial charge in [0.2, 0.25) is 11.8 Å². The van der Waals surface area contributed by atoms with Crippen LogP contribution < -0.4 is 15.4 Å². The molecule has 0 spiro atoms. The molecule has 2 amide bonds. The van der Waals surface area contributed by atoms with Gasteiger partial charge >= 0.3 is 0 Å². The van der Waals surface area contributed by atoms with Gasteiger partial charge in [-0.3, -0.25) is 9.59 Å². The van der Waals surface area contributed by atoms with Gasteiger partial charge in [0.1, 0.15) is 23.2 Å². The Bertz CT molecular complexity index is 1060. The lowest BCUT2D eigenvalue weighted by Crippen LogP contribution is -2.40. The number of hydrogen-bond acceptors (Lipinski definition) is 5. The van der Waals surface area contributed by atoms with Gasteiger partial charge in [0.15, 0.2) is 0 Å². The number of benzene rings is 1. The van der Waals surface area contributed by atoms with E-state index in [1.807, 2.05) is 19.0 Å². The van der Waals surface area contributed by atoms with Crippen LogP contribution in [0.4, 0.5) is 14.6 Å². The zero-order chi connectivity index (χ0) is 24.7. The predicted octanol–water partition coefficient (Wildman–Crippen LogP) is 3.77. The number of methoxy groups -OCH3 is 1. The van der Waals surface area contributed by atoms with Crippen molar-refractivity contribution in [2.75, 3.05) is 33.1 Å². The molecule has 2 N–H and O–H groups in total. The molecule has 7 nitrogen and oxygen atoms in total. The summed E-state index contributed by atoms with van der Waals surface area (Å²) in [6.07, 6.45) is 7.12. The van der Waals surface area contributed by atoms with Gasteiger partial charge < -0.3 is 20.3 Å². The number of halogens is 2. The number of hydrogen-bond donors (Lipinski definition) is 2. The van der Waals surface area contributed by atoms with Gasteiger partial charge in [-0.1, -0.05) is 12.5 Å². The fourth-order valence-electron chi connectivity index (χ4n) is 4.01. The molecule has 0 unspecified atom stereocenters. The number of carbonyl (C=O) groups excluding carboxylic acids is 2. The van der Waals surface area contributed by atoms with Crippen LogP contribution in [0, 0.1) is 17.6 Å². The highest BCUT2D eigenvalue weighted by Crippen LogP contribution is 2.33. The quantitative estimate of drug-likeness (QED) is 0.572. The monoisotopic (exact) mass is 472 g/mol. The summed E-state index contributed by atoms with van der Waals surface area (Å²) in [6, 6.07) is 5.10. The van der Waals surface area contributed by atoms with Crippen LogP contribution in [0.25, 0.3) is 11.1 Å². The van der Waals surface area contributed by atoms with Crippen LogP contribution in [0.2, 0.25) is 0 Å². The Morgan fingerprint density at radius 2 is 2.00 bits per heavy atom. The van der Waals surface area contributed by atoms with Crippen molar-refractivity contribution in [1.82, 2.24) is 15.2 Å². The number of rotatable bonds is 8. The molecule has 1 fully saturated rings. The van der Waals surface area contributed by atoms with E-state index in [9.17, 15) is 18.4 Å². The smallest absolute Gasteiger partial charge is 0.243 e. The average Bonchev–Trinajstić information content (AvgIpc) is 2.80. The summed E-state index contributed by atoms with van der Waals surface area (Å²) in [4.78, 5) is 31.0. The maximum absolute atomic E-state index is 14.5. The maximum atomic E-state index is 14.5. The second-order valence-corrected chi connectivity index (χ2v) is 8.62. The van der Waals surface area contributed by atoms with Crippen LogP contribution >= 0.6 is 0 Å². The van der Waals surface area contributed by atoms with Crippen molar-refractivity contribution in [2.45, 2.75) is 31.7 Å². The molecule has 1 heterocycles. The minimum Gasteiger partial charge on any atom is -0.496 e. The van der Waals surface area contributed by atoms with Crippen LogP contribution in [0.3, 0.4) is 0 Å². The first kappa shape index (κ1) is 25.3. The average molecular weight is 473 g/mol. The molecule has 0 aliphatic heterocycles. The molecule has 1 aliphatic rings. The van der Waals surface area contributed by atoms with Gasteiger partial charge in [0.25, 0.3) is 0 Å². The van der Waals surface area contributed by atoms with Crippen molar-refractivity contribution in [3.05, 3.63) is 54.2 Å². The number of aromatic nitrogens is 1. The first-order chi connectivity index (χ1) is 16.3. The van der Waals surface area contributed by atoms with E-state index in [-0.39, 0.29) is 40.9 Å². The van der Waals surface area contributed by atoms with Crippen molar-refractivity contribution in [1.29, 1.82) is 0 Å². The van der Waals surface area contributed by atoms with E-state index in [1.165, 1.54) is 37.5 Å². The summed E-state index contributed by atoms with van der Waals surface area (Å²) < 4.78 is 33.2. The van der Waals surface area contributed by atoms with E-state index in [2.05, 4.69) is 15.6 Å². The number of anilines is 1. The Morgan fingerprint density at radius 3 is 2.74 bits per heavy atom. The Hall–Kier alpha value is -3.33. The highest BCUT2D eigenvalue weighted by Gasteiger charge is 2.28. The second kappa shape index (κ2) is 11.7. The van der Waals surface area contributed by atoms with Gasteiger partial charge in [-0.05, 0) is 51.6 Å². The molecule has 1 aromatic heterocycles. The van der Waals surface area contributed by atoms with Gasteiger partial charge in [-0.15, -0.1) is 0 Å².